The highest BCUT2D eigenvalue weighted by molar-refractivity contribution is 5.48. The van der Waals surface area contributed by atoms with Crippen molar-refractivity contribution < 1.29 is 9.13 Å². The zero-order valence-electron chi connectivity index (χ0n) is 12.1. The molecule has 0 aliphatic rings. The summed E-state index contributed by atoms with van der Waals surface area (Å²) in [5, 5.41) is 12.4. The molecule has 0 radical (unpaired) electrons. The Kier molecular flexibility index (Phi) is 4.91. The molecule has 0 aromatic heterocycles. The maximum absolute atomic E-state index is 14.0. The third-order valence-electron chi connectivity index (χ3n) is 3.12. The summed E-state index contributed by atoms with van der Waals surface area (Å²) < 4.78 is 19.5. The number of benzene rings is 2. The zero-order valence-corrected chi connectivity index (χ0v) is 12.1. The summed E-state index contributed by atoms with van der Waals surface area (Å²) in [7, 11) is 0. The Bertz CT molecular complexity index is 677. The molecule has 2 rings (SSSR count). The van der Waals surface area contributed by atoms with Crippen LogP contribution >= 0.6 is 0 Å². The van der Waals surface area contributed by atoms with Crippen molar-refractivity contribution >= 4 is 0 Å². The van der Waals surface area contributed by atoms with Crippen LogP contribution in [0.1, 0.15) is 23.6 Å². The van der Waals surface area contributed by atoms with Crippen LogP contribution in [-0.4, -0.2) is 6.54 Å². The number of halogens is 1. The van der Waals surface area contributed by atoms with Crippen molar-refractivity contribution in [1.29, 1.82) is 5.26 Å². The minimum absolute atomic E-state index is 0.130. The Labute approximate surface area is 124 Å². The summed E-state index contributed by atoms with van der Waals surface area (Å²) in [5.74, 6) is 0.0892. The fraction of sp³-hybridized carbons (Fsp3) is 0.235. The van der Waals surface area contributed by atoms with Crippen LogP contribution in [0.5, 0.6) is 11.5 Å². The summed E-state index contributed by atoms with van der Waals surface area (Å²) in [6.45, 7) is 5.23. The van der Waals surface area contributed by atoms with E-state index in [2.05, 4.69) is 11.4 Å². The molecular formula is C17H17FN2O. The highest BCUT2D eigenvalue weighted by Gasteiger charge is 2.10. The molecule has 3 nitrogen and oxygen atoms in total. The van der Waals surface area contributed by atoms with Gasteiger partial charge in [-0.05, 0) is 42.8 Å². The van der Waals surface area contributed by atoms with Gasteiger partial charge in [0.25, 0.3) is 0 Å². The van der Waals surface area contributed by atoms with Gasteiger partial charge in [-0.2, -0.15) is 5.26 Å². The van der Waals surface area contributed by atoms with Gasteiger partial charge in [-0.3, -0.25) is 0 Å². The van der Waals surface area contributed by atoms with Crippen molar-refractivity contribution in [3.05, 3.63) is 58.9 Å². The van der Waals surface area contributed by atoms with Crippen molar-refractivity contribution in [3.63, 3.8) is 0 Å². The molecule has 0 unspecified atom stereocenters. The molecule has 108 valence electrons. The predicted molar refractivity (Wildman–Crippen MR) is 79.7 cm³/mol. The van der Waals surface area contributed by atoms with E-state index in [4.69, 9.17) is 4.74 Å². The first-order valence-electron chi connectivity index (χ1n) is 6.82. The first-order valence-corrected chi connectivity index (χ1v) is 6.82. The second-order valence-electron chi connectivity index (χ2n) is 4.71. The Morgan fingerprint density at radius 3 is 2.76 bits per heavy atom. The van der Waals surface area contributed by atoms with Crippen molar-refractivity contribution in [1.82, 2.24) is 5.32 Å². The molecule has 1 N–H and O–H groups in total. The molecule has 0 saturated carbocycles. The van der Waals surface area contributed by atoms with Crippen LogP contribution in [0.25, 0.3) is 0 Å². The van der Waals surface area contributed by atoms with Crippen LogP contribution in [-0.2, 0) is 6.54 Å². The predicted octanol–water partition coefficient (Wildman–Crippen LogP) is 3.91. The molecule has 21 heavy (non-hydrogen) atoms. The highest BCUT2D eigenvalue weighted by Crippen LogP contribution is 2.29. The fourth-order valence-corrected chi connectivity index (χ4v) is 1.95. The molecule has 4 heteroatoms. The second kappa shape index (κ2) is 6.87. The van der Waals surface area contributed by atoms with Gasteiger partial charge in [-0.15, -0.1) is 0 Å². The van der Waals surface area contributed by atoms with E-state index in [0.717, 1.165) is 12.1 Å². The van der Waals surface area contributed by atoms with Crippen molar-refractivity contribution in [2.75, 3.05) is 6.54 Å². The van der Waals surface area contributed by atoms with Crippen LogP contribution in [0.15, 0.2) is 36.4 Å². The molecule has 2 aromatic carbocycles. The normalized spacial score (nSPS) is 10.2. The van der Waals surface area contributed by atoms with Gasteiger partial charge in [0.2, 0.25) is 0 Å². The zero-order chi connectivity index (χ0) is 15.2. The minimum atomic E-state index is -0.405. The van der Waals surface area contributed by atoms with Crippen LogP contribution in [0.4, 0.5) is 4.39 Å². The second-order valence-corrected chi connectivity index (χ2v) is 4.71. The summed E-state index contributed by atoms with van der Waals surface area (Å²) >= 11 is 0. The number of nitriles is 1. The average molecular weight is 284 g/mol. The van der Waals surface area contributed by atoms with Crippen LogP contribution in [0.3, 0.4) is 0 Å². The SMILES string of the molecule is CCNCc1ccc(Oc2cccc(C)c2F)c(C#N)c1. The van der Waals surface area contributed by atoms with E-state index < -0.39 is 5.82 Å². The molecule has 0 saturated heterocycles. The third kappa shape index (κ3) is 3.59. The van der Waals surface area contributed by atoms with E-state index in [9.17, 15) is 9.65 Å². The Morgan fingerprint density at radius 1 is 1.24 bits per heavy atom. The lowest BCUT2D eigenvalue weighted by Crippen LogP contribution is -2.11. The van der Waals surface area contributed by atoms with Gasteiger partial charge in [-0.1, -0.05) is 25.1 Å². The van der Waals surface area contributed by atoms with Crippen LogP contribution in [0, 0.1) is 24.1 Å². The topological polar surface area (TPSA) is 45.0 Å². The van der Waals surface area contributed by atoms with Gasteiger partial charge >= 0.3 is 0 Å². The Balaban J connectivity index is 2.28. The number of hydrogen-bond acceptors (Lipinski definition) is 3. The van der Waals surface area contributed by atoms with Gasteiger partial charge in [0.15, 0.2) is 11.6 Å². The lowest BCUT2D eigenvalue weighted by molar-refractivity contribution is 0.438. The Hall–Kier alpha value is -2.38. The lowest BCUT2D eigenvalue weighted by Gasteiger charge is -2.11. The standard InChI is InChI=1S/C17H17FN2O/c1-3-20-11-13-7-8-15(14(9-13)10-19)21-16-6-4-5-12(2)17(16)18/h4-9,20H,3,11H2,1-2H3. The maximum atomic E-state index is 14.0. The molecule has 0 heterocycles. The Morgan fingerprint density at radius 2 is 2.05 bits per heavy atom. The molecule has 0 spiro atoms. The van der Waals surface area contributed by atoms with E-state index in [0.29, 0.717) is 23.4 Å². The van der Waals surface area contributed by atoms with Crippen molar-refractivity contribution in [3.8, 4) is 17.6 Å². The minimum Gasteiger partial charge on any atom is -0.453 e. The molecular weight excluding hydrogens is 267 g/mol. The number of rotatable bonds is 5. The summed E-state index contributed by atoms with van der Waals surface area (Å²) in [6, 6.07) is 12.4. The van der Waals surface area contributed by atoms with E-state index in [1.54, 1.807) is 37.3 Å². The lowest BCUT2D eigenvalue weighted by atomic mass is 10.1. The van der Waals surface area contributed by atoms with Gasteiger partial charge < -0.3 is 10.1 Å². The van der Waals surface area contributed by atoms with E-state index in [1.165, 1.54) is 0 Å². The van der Waals surface area contributed by atoms with Gasteiger partial charge in [0, 0.05) is 6.54 Å². The van der Waals surface area contributed by atoms with Crippen LogP contribution in [0.2, 0.25) is 0 Å². The third-order valence-corrected chi connectivity index (χ3v) is 3.12. The summed E-state index contributed by atoms with van der Waals surface area (Å²) in [5.41, 5.74) is 1.89. The first kappa shape index (κ1) is 15.0. The number of aryl methyl sites for hydroxylation is 1. The number of hydrogen-bond donors (Lipinski definition) is 1. The smallest absolute Gasteiger partial charge is 0.168 e. The van der Waals surface area contributed by atoms with Crippen molar-refractivity contribution in [2.45, 2.75) is 20.4 Å². The molecule has 0 bridgehead atoms. The quantitative estimate of drug-likeness (QED) is 0.905. The molecule has 0 amide bonds. The van der Waals surface area contributed by atoms with Gasteiger partial charge in [0.05, 0.1) is 5.56 Å². The van der Waals surface area contributed by atoms with E-state index >= 15 is 0 Å². The largest absolute Gasteiger partial charge is 0.453 e. The number of nitrogens with zero attached hydrogens (tertiary/aromatic N) is 1. The van der Waals surface area contributed by atoms with Gasteiger partial charge in [-0.25, -0.2) is 4.39 Å². The summed E-state index contributed by atoms with van der Waals surface area (Å²) in [4.78, 5) is 0. The van der Waals surface area contributed by atoms with Crippen LogP contribution < -0.4 is 10.1 Å². The molecule has 0 aliphatic carbocycles. The van der Waals surface area contributed by atoms with Crippen molar-refractivity contribution in [2.24, 2.45) is 0 Å². The molecule has 0 atom stereocenters. The highest BCUT2D eigenvalue weighted by atomic mass is 19.1. The fourth-order valence-electron chi connectivity index (χ4n) is 1.95. The maximum Gasteiger partial charge on any atom is 0.168 e. The molecule has 0 fully saturated rings. The van der Waals surface area contributed by atoms with Gasteiger partial charge in [0.1, 0.15) is 11.8 Å². The monoisotopic (exact) mass is 284 g/mol. The number of ether oxygens (including phenoxy) is 1. The first-order chi connectivity index (χ1) is 10.2. The summed E-state index contributed by atoms with van der Waals surface area (Å²) in [6.07, 6.45) is 0. The number of nitrogens with one attached hydrogen (secondary N) is 1. The molecule has 2 aromatic rings. The average Bonchev–Trinajstić information content (AvgIpc) is 2.50. The van der Waals surface area contributed by atoms with E-state index in [1.807, 2.05) is 13.0 Å². The molecule has 0 aliphatic heterocycles. The van der Waals surface area contributed by atoms with E-state index in [-0.39, 0.29) is 5.75 Å².